The van der Waals surface area contributed by atoms with Gasteiger partial charge in [-0.3, -0.25) is 4.79 Å². The number of likely N-dealkylation sites (N-methyl/N-ethyl adjacent to an activating group) is 1. The molecule has 1 heterocycles. The van der Waals surface area contributed by atoms with Crippen molar-refractivity contribution in [2.75, 3.05) is 20.3 Å². The molecule has 1 saturated heterocycles. The molecule has 4 heteroatoms. The van der Waals surface area contributed by atoms with Gasteiger partial charge >= 0.3 is 0 Å². The smallest absolute Gasteiger partial charge is 0.243 e. The number of nitrogens with one attached hydrogen (secondary N) is 2. The molecule has 1 rings (SSSR count). The Balaban J connectivity index is 2.40. The van der Waals surface area contributed by atoms with Gasteiger partial charge in [0.25, 0.3) is 0 Å². The SMILES string of the molecule is C=CC(=O)NC1COCC1NC. The van der Waals surface area contributed by atoms with E-state index in [4.69, 9.17) is 4.74 Å². The average molecular weight is 170 g/mol. The zero-order valence-electron chi connectivity index (χ0n) is 7.17. The third-order valence-corrected chi connectivity index (χ3v) is 1.96. The van der Waals surface area contributed by atoms with Crippen molar-refractivity contribution in [3.8, 4) is 0 Å². The van der Waals surface area contributed by atoms with Crippen LogP contribution in [0, 0.1) is 0 Å². The molecule has 1 aliphatic rings. The van der Waals surface area contributed by atoms with Gasteiger partial charge in [-0.05, 0) is 13.1 Å². The van der Waals surface area contributed by atoms with Crippen LogP contribution in [0.2, 0.25) is 0 Å². The maximum absolute atomic E-state index is 10.9. The van der Waals surface area contributed by atoms with E-state index in [9.17, 15) is 4.79 Å². The molecule has 2 atom stereocenters. The first-order chi connectivity index (χ1) is 5.77. The fourth-order valence-electron chi connectivity index (χ4n) is 1.22. The van der Waals surface area contributed by atoms with Gasteiger partial charge in [0, 0.05) is 0 Å². The Morgan fingerprint density at radius 2 is 2.25 bits per heavy atom. The molecule has 1 amide bonds. The molecule has 1 fully saturated rings. The standard InChI is InChI=1S/C8H14N2O2/c1-3-8(11)10-7-5-12-4-6(7)9-2/h3,6-7,9H,1,4-5H2,2H3,(H,10,11). The van der Waals surface area contributed by atoms with Crippen LogP contribution >= 0.6 is 0 Å². The molecule has 0 aromatic heterocycles. The van der Waals surface area contributed by atoms with Crippen LogP contribution in [0.5, 0.6) is 0 Å². The lowest BCUT2D eigenvalue weighted by Gasteiger charge is -2.16. The molecule has 0 radical (unpaired) electrons. The highest BCUT2D eigenvalue weighted by atomic mass is 16.5. The number of hydrogen-bond donors (Lipinski definition) is 2. The van der Waals surface area contributed by atoms with Gasteiger partial charge < -0.3 is 15.4 Å². The van der Waals surface area contributed by atoms with Crippen LogP contribution in [-0.4, -0.2) is 38.3 Å². The van der Waals surface area contributed by atoms with E-state index in [1.807, 2.05) is 7.05 Å². The van der Waals surface area contributed by atoms with Crippen molar-refractivity contribution in [1.82, 2.24) is 10.6 Å². The zero-order chi connectivity index (χ0) is 8.97. The van der Waals surface area contributed by atoms with Crippen molar-refractivity contribution >= 4 is 5.91 Å². The lowest BCUT2D eigenvalue weighted by Crippen LogP contribution is -2.47. The molecular formula is C8H14N2O2. The zero-order valence-corrected chi connectivity index (χ0v) is 7.17. The van der Waals surface area contributed by atoms with E-state index in [0.717, 1.165) is 0 Å². The summed E-state index contributed by atoms with van der Waals surface area (Å²) in [6.07, 6.45) is 1.27. The molecule has 68 valence electrons. The molecular weight excluding hydrogens is 156 g/mol. The van der Waals surface area contributed by atoms with Gasteiger partial charge in [-0.15, -0.1) is 0 Å². The number of hydrogen-bond acceptors (Lipinski definition) is 3. The summed E-state index contributed by atoms with van der Waals surface area (Å²) in [4.78, 5) is 10.9. The Morgan fingerprint density at radius 3 is 2.83 bits per heavy atom. The summed E-state index contributed by atoms with van der Waals surface area (Å²) in [5.74, 6) is -0.147. The van der Waals surface area contributed by atoms with E-state index in [2.05, 4.69) is 17.2 Å². The summed E-state index contributed by atoms with van der Waals surface area (Å²) in [6.45, 7) is 4.61. The van der Waals surface area contributed by atoms with Crippen molar-refractivity contribution in [2.45, 2.75) is 12.1 Å². The Bertz CT molecular complexity index is 182. The third-order valence-electron chi connectivity index (χ3n) is 1.96. The molecule has 0 spiro atoms. The van der Waals surface area contributed by atoms with Crippen LogP contribution in [0.4, 0.5) is 0 Å². The molecule has 12 heavy (non-hydrogen) atoms. The van der Waals surface area contributed by atoms with Gasteiger partial charge in [0.15, 0.2) is 0 Å². The highest BCUT2D eigenvalue weighted by molar-refractivity contribution is 5.87. The maximum Gasteiger partial charge on any atom is 0.243 e. The van der Waals surface area contributed by atoms with Gasteiger partial charge in [0.05, 0.1) is 25.3 Å². The molecule has 1 aliphatic heterocycles. The van der Waals surface area contributed by atoms with Gasteiger partial charge in [-0.25, -0.2) is 0 Å². The second-order valence-corrected chi connectivity index (χ2v) is 2.75. The van der Waals surface area contributed by atoms with Crippen molar-refractivity contribution in [1.29, 1.82) is 0 Å². The number of amides is 1. The summed E-state index contributed by atoms with van der Waals surface area (Å²) in [5, 5.41) is 5.85. The van der Waals surface area contributed by atoms with E-state index < -0.39 is 0 Å². The Morgan fingerprint density at radius 1 is 1.58 bits per heavy atom. The quantitative estimate of drug-likeness (QED) is 0.549. The van der Waals surface area contributed by atoms with Crippen LogP contribution in [0.1, 0.15) is 0 Å². The van der Waals surface area contributed by atoms with Crippen molar-refractivity contribution in [3.05, 3.63) is 12.7 Å². The number of ether oxygens (including phenoxy) is 1. The lowest BCUT2D eigenvalue weighted by molar-refractivity contribution is -0.117. The summed E-state index contributed by atoms with van der Waals surface area (Å²) in [5.41, 5.74) is 0. The first-order valence-electron chi connectivity index (χ1n) is 3.96. The van der Waals surface area contributed by atoms with Crippen LogP contribution < -0.4 is 10.6 Å². The Hall–Kier alpha value is -0.870. The molecule has 0 saturated carbocycles. The second-order valence-electron chi connectivity index (χ2n) is 2.75. The lowest BCUT2D eigenvalue weighted by atomic mass is 10.2. The fourth-order valence-corrected chi connectivity index (χ4v) is 1.22. The highest BCUT2D eigenvalue weighted by Crippen LogP contribution is 2.04. The van der Waals surface area contributed by atoms with Gasteiger partial charge in [-0.2, -0.15) is 0 Å². The molecule has 2 N–H and O–H groups in total. The normalized spacial score (nSPS) is 28.4. The number of carbonyl (C=O) groups excluding carboxylic acids is 1. The summed E-state index contributed by atoms with van der Waals surface area (Å²) in [7, 11) is 1.85. The maximum atomic E-state index is 10.9. The van der Waals surface area contributed by atoms with Crippen molar-refractivity contribution < 1.29 is 9.53 Å². The number of rotatable bonds is 3. The average Bonchev–Trinajstić information content (AvgIpc) is 2.51. The topological polar surface area (TPSA) is 50.4 Å². The fraction of sp³-hybridized carbons (Fsp3) is 0.625. The molecule has 0 aliphatic carbocycles. The molecule has 2 unspecified atom stereocenters. The molecule has 4 nitrogen and oxygen atoms in total. The van der Waals surface area contributed by atoms with E-state index in [1.54, 1.807) is 0 Å². The van der Waals surface area contributed by atoms with E-state index in [1.165, 1.54) is 6.08 Å². The van der Waals surface area contributed by atoms with Gasteiger partial charge in [0.1, 0.15) is 0 Å². The van der Waals surface area contributed by atoms with Crippen LogP contribution in [-0.2, 0) is 9.53 Å². The van der Waals surface area contributed by atoms with Crippen LogP contribution in [0.25, 0.3) is 0 Å². The van der Waals surface area contributed by atoms with Crippen molar-refractivity contribution in [2.24, 2.45) is 0 Å². The summed E-state index contributed by atoms with van der Waals surface area (Å²) >= 11 is 0. The van der Waals surface area contributed by atoms with Crippen LogP contribution in [0.3, 0.4) is 0 Å². The predicted octanol–water partition coefficient (Wildman–Crippen LogP) is -0.725. The van der Waals surface area contributed by atoms with E-state index in [-0.39, 0.29) is 18.0 Å². The van der Waals surface area contributed by atoms with Gasteiger partial charge in [-0.1, -0.05) is 6.58 Å². The minimum Gasteiger partial charge on any atom is -0.378 e. The van der Waals surface area contributed by atoms with Gasteiger partial charge in [0.2, 0.25) is 5.91 Å². The minimum absolute atomic E-state index is 0.0699. The van der Waals surface area contributed by atoms with E-state index in [0.29, 0.717) is 13.2 Å². The Labute approximate surface area is 72.0 Å². The first kappa shape index (κ1) is 9.22. The third kappa shape index (κ3) is 2.06. The molecule has 0 aromatic carbocycles. The minimum atomic E-state index is -0.147. The van der Waals surface area contributed by atoms with E-state index >= 15 is 0 Å². The van der Waals surface area contributed by atoms with Crippen LogP contribution in [0.15, 0.2) is 12.7 Å². The first-order valence-corrected chi connectivity index (χ1v) is 3.96. The highest BCUT2D eigenvalue weighted by Gasteiger charge is 2.27. The Kier molecular flexibility index (Phi) is 3.25. The second kappa shape index (κ2) is 4.23. The molecule has 0 aromatic rings. The molecule has 0 bridgehead atoms. The summed E-state index contributed by atoms with van der Waals surface area (Å²) < 4.78 is 5.19. The summed E-state index contributed by atoms with van der Waals surface area (Å²) in [6, 6.07) is 0.286. The monoisotopic (exact) mass is 170 g/mol. The van der Waals surface area contributed by atoms with Crippen molar-refractivity contribution in [3.63, 3.8) is 0 Å². The number of carbonyl (C=O) groups is 1. The predicted molar refractivity (Wildman–Crippen MR) is 45.8 cm³/mol. The largest absolute Gasteiger partial charge is 0.378 e.